The van der Waals surface area contributed by atoms with E-state index >= 15 is 0 Å². The van der Waals surface area contributed by atoms with E-state index in [-0.39, 0.29) is 6.10 Å². The number of aromatic nitrogens is 2. The third-order valence-electron chi connectivity index (χ3n) is 3.45. The van der Waals surface area contributed by atoms with Crippen LogP contribution in [0.15, 0.2) is 11.6 Å². The van der Waals surface area contributed by atoms with Gasteiger partial charge in [-0.15, -0.1) is 11.3 Å². The molecule has 0 bridgehead atoms. The SMILES string of the molecule is COc1nc2sccn2c1CNCC1CC(O)C1. The lowest BCUT2D eigenvalue weighted by atomic mass is 9.82. The number of fused-ring (bicyclic) bond motifs is 1. The summed E-state index contributed by atoms with van der Waals surface area (Å²) >= 11 is 1.60. The third kappa shape index (κ3) is 2.11. The number of rotatable bonds is 5. The van der Waals surface area contributed by atoms with Gasteiger partial charge >= 0.3 is 0 Å². The molecule has 3 rings (SSSR count). The number of aliphatic hydroxyl groups is 1. The van der Waals surface area contributed by atoms with Gasteiger partial charge in [-0.25, -0.2) is 0 Å². The van der Waals surface area contributed by atoms with E-state index in [9.17, 15) is 5.11 Å². The average Bonchev–Trinajstić information content (AvgIpc) is 2.88. The zero-order valence-electron chi connectivity index (χ0n) is 10.3. The first-order valence-electron chi connectivity index (χ1n) is 6.15. The summed E-state index contributed by atoms with van der Waals surface area (Å²) in [6.45, 7) is 1.69. The predicted octanol–water partition coefficient (Wildman–Crippen LogP) is 1.26. The second-order valence-electron chi connectivity index (χ2n) is 4.75. The predicted molar refractivity (Wildman–Crippen MR) is 70.1 cm³/mol. The first-order chi connectivity index (χ1) is 8.78. The molecule has 0 amide bonds. The molecule has 18 heavy (non-hydrogen) atoms. The summed E-state index contributed by atoms with van der Waals surface area (Å²) < 4.78 is 7.36. The van der Waals surface area contributed by atoms with Crippen LogP contribution in [0.3, 0.4) is 0 Å². The molecule has 2 aromatic rings. The first kappa shape index (κ1) is 12.0. The number of aliphatic hydroxyl groups excluding tert-OH is 1. The van der Waals surface area contributed by atoms with E-state index in [4.69, 9.17) is 4.74 Å². The van der Waals surface area contributed by atoms with Gasteiger partial charge in [-0.1, -0.05) is 0 Å². The number of nitrogens with zero attached hydrogens (tertiary/aromatic N) is 2. The molecule has 1 aliphatic carbocycles. The van der Waals surface area contributed by atoms with Crippen LogP contribution < -0.4 is 10.1 Å². The number of hydrogen-bond donors (Lipinski definition) is 2. The lowest BCUT2D eigenvalue weighted by Crippen LogP contribution is -2.36. The quantitative estimate of drug-likeness (QED) is 0.856. The van der Waals surface area contributed by atoms with E-state index in [1.165, 1.54) is 0 Å². The lowest BCUT2D eigenvalue weighted by Gasteiger charge is -2.31. The van der Waals surface area contributed by atoms with Crippen LogP contribution in [0.2, 0.25) is 0 Å². The van der Waals surface area contributed by atoms with E-state index in [1.807, 2.05) is 11.6 Å². The Morgan fingerprint density at radius 3 is 3.17 bits per heavy atom. The fraction of sp³-hybridized carbons (Fsp3) is 0.583. The summed E-state index contributed by atoms with van der Waals surface area (Å²) in [5.41, 5.74) is 1.06. The Morgan fingerprint density at radius 1 is 1.61 bits per heavy atom. The molecule has 2 aromatic heterocycles. The fourth-order valence-corrected chi connectivity index (χ4v) is 3.12. The maximum Gasteiger partial charge on any atom is 0.237 e. The van der Waals surface area contributed by atoms with E-state index < -0.39 is 0 Å². The molecular weight excluding hydrogens is 250 g/mol. The van der Waals surface area contributed by atoms with Crippen molar-refractivity contribution in [3.05, 3.63) is 17.3 Å². The molecular formula is C12H17N3O2S. The summed E-state index contributed by atoms with van der Waals surface area (Å²) in [4.78, 5) is 5.38. The molecule has 6 heteroatoms. The highest BCUT2D eigenvalue weighted by atomic mass is 32.1. The van der Waals surface area contributed by atoms with Gasteiger partial charge in [-0.05, 0) is 25.3 Å². The van der Waals surface area contributed by atoms with Gasteiger partial charge in [0.05, 0.1) is 13.2 Å². The van der Waals surface area contributed by atoms with E-state index in [0.29, 0.717) is 11.8 Å². The highest BCUT2D eigenvalue weighted by molar-refractivity contribution is 7.15. The van der Waals surface area contributed by atoms with Crippen molar-refractivity contribution >= 4 is 16.3 Å². The van der Waals surface area contributed by atoms with E-state index in [1.54, 1.807) is 18.4 Å². The molecule has 0 radical (unpaired) electrons. The van der Waals surface area contributed by atoms with Crippen LogP contribution in [0.5, 0.6) is 5.88 Å². The minimum atomic E-state index is -0.0788. The molecule has 0 saturated heterocycles. The van der Waals surface area contributed by atoms with Crippen molar-refractivity contribution < 1.29 is 9.84 Å². The number of imidazole rings is 1. The number of methoxy groups -OCH3 is 1. The van der Waals surface area contributed by atoms with Crippen LogP contribution in [-0.4, -0.2) is 34.2 Å². The van der Waals surface area contributed by atoms with Crippen molar-refractivity contribution in [2.24, 2.45) is 5.92 Å². The van der Waals surface area contributed by atoms with Gasteiger partial charge in [0.2, 0.25) is 5.88 Å². The Hall–Kier alpha value is -1.11. The molecule has 1 aliphatic rings. The van der Waals surface area contributed by atoms with Crippen molar-refractivity contribution in [3.63, 3.8) is 0 Å². The molecule has 2 heterocycles. The first-order valence-corrected chi connectivity index (χ1v) is 7.03. The zero-order chi connectivity index (χ0) is 12.5. The van der Waals surface area contributed by atoms with Crippen LogP contribution in [0, 0.1) is 5.92 Å². The number of hydrogen-bond acceptors (Lipinski definition) is 5. The Morgan fingerprint density at radius 2 is 2.44 bits per heavy atom. The lowest BCUT2D eigenvalue weighted by molar-refractivity contribution is 0.0429. The van der Waals surface area contributed by atoms with Crippen LogP contribution in [-0.2, 0) is 6.54 Å². The van der Waals surface area contributed by atoms with Gasteiger partial charge in [0, 0.05) is 18.1 Å². The minimum Gasteiger partial charge on any atom is -0.480 e. The number of nitrogens with one attached hydrogen (secondary N) is 1. The van der Waals surface area contributed by atoms with Crippen LogP contribution in [0.4, 0.5) is 0 Å². The molecule has 5 nitrogen and oxygen atoms in total. The van der Waals surface area contributed by atoms with Gasteiger partial charge in [0.1, 0.15) is 5.69 Å². The van der Waals surface area contributed by atoms with Gasteiger partial charge in [-0.2, -0.15) is 4.98 Å². The minimum absolute atomic E-state index is 0.0788. The second kappa shape index (κ2) is 4.87. The van der Waals surface area contributed by atoms with E-state index in [0.717, 1.165) is 36.6 Å². The molecule has 1 fully saturated rings. The summed E-state index contributed by atoms with van der Waals surface area (Å²) in [6, 6.07) is 0. The van der Waals surface area contributed by atoms with Gasteiger partial charge < -0.3 is 15.2 Å². The maximum atomic E-state index is 9.24. The number of thiazole rings is 1. The molecule has 0 aromatic carbocycles. The fourth-order valence-electron chi connectivity index (χ4n) is 2.40. The maximum absolute atomic E-state index is 9.24. The molecule has 0 aliphatic heterocycles. The van der Waals surface area contributed by atoms with Crippen LogP contribution in [0.1, 0.15) is 18.5 Å². The van der Waals surface area contributed by atoms with Crippen molar-refractivity contribution in [1.29, 1.82) is 0 Å². The molecule has 0 unspecified atom stereocenters. The monoisotopic (exact) mass is 267 g/mol. The van der Waals surface area contributed by atoms with Crippen LogP contribution in [0.25, 0.3) is 4.96 Å². The van der Waals surface area contributed by atoms with Crippen molar-refractivity contribution in [2.75, 3.05) is 13.7 Å². The molecule has 2 N–H and O–H groups in total. The van der Waals surface area contributed by atoms with E-state index in [2.05, 4.69) is 14.7 Å². The van der Waals surface area contributed by atoms with Crippen LogP contribution >= 0.6 is 11.3 Å². The average molecular weight is 267 g/mol. The highest BCUT2D eigenvalue weighted by Gasteiger charge is 2.26. The summed E-state index contributed by atoms with van der Waals surface area (Å²) in [5, 5.41) is 14.7. The number of ether oxygens (including phenoxy) is 1. The Kier molecular flexibility index (Phi) is 3.23. The second-order valence-corrected chi connectivity index (χ2v) is 5.62. The molecule has 1 saturated carbocycles. The molecule has 98 valence electrons. The largest absolute Gasteiger partial charge is 0.480 e. The van der Waals surface area contributed by atoms with Gasteiger partial charge in [-0.3, -0.25) is 4.40 Å². The smallest absolute Gasteiger partial charge is 0.237 e. The topological polar surface area (TPSA) is 58.8 Å². The van der Waals surface area contributed by atoms with Gasteiger partial charge in [0.15, 0.2) is 4.96 Å². The Balaban J connectivity index is 1.64. The van der Waals surface area contributed by atoms with Crippen molar-refractivity contribution in [1.82, 2.24) is 14.7 Å². The summed E-state index contributed by atoms with van der Waals surface area (Å²) in [5.74, 6) is 1.31. The Labute approximate surface area is 109 Å². The highest BCUT2D eigenvalue weighted by Crippen LogP contribution is 2.27. The normalized spacial score (nSPS) is 23.2. The zero-order valence-corrected chi connectivity index (χ0v) is 11.1. The summed E-state index contributed by atoms with van der Waals surface area (Å²) in [6.07, 6.45) is 3.78. The summed E-state index contributed by atoms with van der Waals surface area (Å²) in [7, 11) is 1.65. The standard InChI is InChI=1S/C12H17N3O2S/c1-17-11-10(15-2-3-18-12(15)14-11)7-13-6-8-4-9(16)5-8/h2-3,8-9,13,16H,4-7H2,1H3. The van der Waals surface area contributed by atoms with Crippen molar-refractivity contribution in [3.8, 4) is 5.88 Å². The van der Waals surface area contributed by atoms with Crippen molar-refractivity contribution in [2.45, 2.75) is 25.5 Å². The third-order valence-corrected chi connectivity index (χ3v) is 4.21. The molecule has 0 atom stereocenters. The van der Waals surface area contributed by atoms with Gasteiger partial charge in [0.25, 0.3) is 0 Å². The molecule has 0 spiro atoms. The Bertz CT molecular complexity index is 530.